The molecule has 1 N–H and O–H groups in total. The number of ether oxygens (including phenoxy) is 1. The third-order valence-electron chi connectivity index (χ3n) is 3.21. The van der Waals surface area contributed by atoms with Crippen molar-refractivity contribution in [1.29, 1.82) is 0 Å². The molecular weight excluding hydrogens is 251 g/mol. The summed E-state index contributed by atoms with van der Waals surface area (Å²) in [6.07, 6.45) is 1.96. The van der Waals surface area contributed by atoms with Crippen molar-refractivity contribution in [1.82, 2.24) is 0 Å². The first-order chi connectivity index (χ1) is 8.95. The molecule has 1 aromatic carbocycles. The zero-order chi connectivity index (χ0) is 14.0. The van der Waals surface area contributed by atoms with Crippen LogP contribution < -0.4 is 5.32 Å². The van der Waals surface area contributed by atoms with Gasteiger partial charge < -0.3 is 10.1 Å². The van der Waals surface area contributed by atoms with Gasteiger partial charge in [0, 0.05) is 17.8 Å². The van der Waals surface area contributed by atoms with Crippen molar-refractivity contribution in [2.45, 2.75) is 44.9 Å². The maximum absolute atomic E-state index is 13.2. The molecule has 1 aliphatic rings. The van der Waals surface area contributed by atoms with Crippen LogP contribution in [0.15, 0.2) is 18.2 Å². The van der Waals surface area contributed by atoms with Gasteiger partial charge in [-0.2, -0.15) is 4.39 Å². The van der Waals surface area contributed by atoms with Crippen LogP contribution in [0.2, 0.25) is 0 Å². The summed E-state index contributed by atoms with van der Waals surface area (Å²) >= 11 is 0. The summed E-state index contributed by atoms with van der Waals surface area (Å²) in [5.41, 5.74) is 0.0672. The number of nitro benzene ring substituents is 1. The number of nitrogens with zero attached hydrogens (tertiary/aromatic N) is 1. The Bertz CT molecular complexity index is 471. The molecule has 0 amide bonds. The summed E-state index contributed by atoms with van der Waals surface area (Å²) in [7, 11) is 0. The molecule has 2 unspecified atom stereocenters. The van der Waals surface area contributed by atoms with E-state index in [4.69, 9.17) is 4.74 Å². The number of hydrogen-bond donors (Lipinski definition) is 1. The van der Waals surface area contributed by atoms with Crippen molar-refractivity contribution in [2.24, 2.45) is 0 Å². The zero-order valence-corrected chi connectivity index (χ0v) is 10.9. The predicted octanol–water partition coefficient (Wildman–Crippen LogP) is 3.10. The lowest BCUT2D eigenvalue weighted by Gasteiger charge is -2.33. The quantitative estimate of drug-likeness (QED) is 0.675. The first-order valence-electron chi connectivity index (χ1n) is 6.31. The Morgan fingerprint density at radius 3 is 2.58 bits per heavy atom. The lowest BCUT2D eigenvalue weighted by molar-refractivity contribution is -0.387. The second kappa shape index (κ2) is 5.52. The standard InChI is InChI=1S/C13H17FN2O3/c1-8-5-11(6-9(2)19-8)15-10-3-4-12(14)13(7-10)16(17)18/h3-4,7-9,11,15H,5-6H2,1-2H3. The van der Waals surface area contributed by atoms with E-state index in [1.165, 1.54) is 12.1 Å². The Hall–Kier alpha value is -1.69. The highest BCUT2D eigenvalue weighted by atomic mass is 19.1. The van der Waals surface area contributed by atoms with Gasteiger partial charge in [-0.3, -0.25) is 10.1 Å². The van der Waals surface area contributed by atoms with Crippen LogP contribution in [0.1, 0.15) is 26.7 Å². The zero-order valence-electron chi connectivity index (χ0n) is 10.9. The SMILES string of the molecule is CC1CC(Nc2ccc(F)c([N+](=O)[O-])c2)CC(C)O1. The molecule has 1 aliphatic heterocycles. The topological polar surface area (TPSA) is 64.4 Å². The minimum Gasteiger partial charge on any atom is -0.382 e. The third kappa shape index (κ3) is 3.41. The highest BCUT2D eigenvalue weighted by Gasteiger charge is 2.25. The van der Waals surface area contributed by atoms with Crippen molar-refractivity contribution in [3.05, 3.63) is 34.1 Å². The summed E-state index contributed by atoms with van der Waals surface area (Å²) < 4.78 is 18.9. The lowest BCUT2D eigenvalue weighted by Crippen LogP contribution is -2.36. The van der Waals surface area contributed by atoms with Crippen LogP contribution in [0.4, 0.5) is 15.8 Å². The lowest BCUT2D eigenvalue weighted by atomic mass is 9.99. The fourth-order valence-electron chi connectivity index (χ4n) is 2.50. The molecule has 2 atom stereocenters. The van der Waals surface area contributed by atoms with Gasteiger partial charge in [-0.25, -0.2) is 0 Å². The molecule has 0 spiro atoms. The fourth-order valence-corrected chi connectivity index (χ4v) is 2.50. The van der Waals surface area contributed by atoms with Gasteiger partial charge >= 0.3 is 5.69 Å². The van der Waals surface area contributed by atoms with Crippen molar-refractivity contribution in [3.63, 3.8) is 0 Å². The van der Waals surface area contributed by atoms with Gasteiger partial charge in [-0.15, -0.1) is 0 Å². The van der Waals surface area contributed by atoms with E-state index in [-0.39, 0.29) is 18.2 Å². The summed E-state index contributed by atoms with van der Waals surface area (Å²) in [4.78, 5) is 9.98. The Kier molecular flexibility index (Phi) is 3.99. The number of hydrogen-bond acceptors (Lipinski definition) is 4. The van der Waals surface area contributed by atoms with Crippen LogP contribution in [-0.2, 0) is 4.74 Å². The van der Waals surface area contributed by atoms with E-state index in [0.717, 1.165) is 18.9 Å². The van der Waals surface area contributed by atoms with Gasteiger partial charge in [0.25, 0.3) is 0 Å². The molecule has 0 bridgehead atoms. The second-order valence-corrected chi connectivity index (χ2v) is 4.99. The molecule has 1 saturated heterocycles. The van der Waals surface area contributed by atoms with Crippen molar-refractivity contribution in [3.8, 4) is 0 Å². The van der Waals surface area contributed by atoms with E-state index in [0.29, 0.717) is 5.69 Å². The summed E-state index contributed by atoms with van der Waals surface area (Å²) in [5, 5.41) is 13.9. The Morgan fingerprint density at radius 2 is 2.00 bits per heavy atom. The number of benzene rings is 1. The van der Waals surface area contributed by atoms with Gasteiger partial charge in [0.15, 0.2) is 0 Å². The monoisotopic (exact) mass is 268 g/mol. The Labute approximate surface area is 110 Å². The van der Waals surface area contributed by atoms with E-state index in [2.05, 4.69) is 5.32 Å². The van der Waals surface area contributed by atoms with Gasteiger partial charge in [-0.1, -0.05) is 0 Å². The second-order valence-electron chi connectivity index (χ2n) is 4.99. The smallest absolute Gasteiger partial charge is 0.306 e. The normalized spacial score (nSPS) is 27.0. The first kappa shape index (κ1) is 13.7. The van der Waals surface area contributed by atoms with Crippen LogP contribution in [0.3, 0.4) is 0 Å². The number of nitrogens with one attached hydrogen (secondary N) is 1. The average Bonchev–Trinajstić information content (AvgIpc) is 2.30. The number of rotatable bonds is 3. The average molecular weight is 268 g/mol. The molecule has 0 radical (unpaired) electrons. The van der Waals surface area contributed by atoms with Crippen LogP contribution >= 0.6 is 0 Å². The number of anilines is 1. The molecule has 1 fully saturated rings. The van der Waals surface area contributed by atoms with Crippen LogP contribution in [-0.4, -0.2) is 23.2 Å². The summed E-state index contributed by atoms with van der Waals surface area (Å²) in [6.45, 7) is 3.99. The largest absolute Gasteiger partial charge is 0.382 e. The maximum atomic E-state index is 13.2. The van der Waals surface area contributed by atoms with E-state index in [1.54, 1.807) is 0 Å². The molecule has 104 valence electrons. The van der Waals surface area contributed by atoms with E-state index in [9.17, 15) is 14.5 Å². The van der Waals surface area contributed by atoms with Crippen LogP contribution in [0.25, 0.3) is 0 Å². The highest BCUT2D eigenvalue weighted by molar-refractivity contribution is 5.52. The highest BCUT2D eigenvalue weighted by Crippen LogP contribution is 2.26. The van der Waals surface area contributed by atoms with Gasteiger partial charge in [-0.05, 0) is 38.8 Å². The maximum Gasteiger partial charge on any atom is 0.306 e. The van der Waals surface area contributed by atoms with Gasteiger partial charge in [0.2, 0.25) is 5.82 Å². The minimum absolute atomic E-state index is 0.150. The van der Waals surface area contributed by atoms with E-state index < -0.39 is 16.4 Å². The van der Waals surface area contributed by atoms with E-state index >= 15 is 0 Å². The molecule has 1 heterocycles. The fraction of sp³-hybridized carbons (Fsp3) is 0.538. The van der Waals surface area contributed by atoms with Crippen LogP contribution in [0, 0.1) is 15.9 Å². The molecule has 2 rings (SSSR count). The molecule has 6 heteroatoms. The molecular formula is C13H17FN2O3. The van der Waals surface area contributed by atoms with Crippen molar-refractivity contribution in [2.75, 3.05) is 5.32 Å². The molecule has 0 saturated carbocycles. The predicted molar refractivity (Wildman–Crippen MR) is 69.7 cm³/mol. The molecule has 0 aromatic heterocycles. The van der Waals surface area contributed by atoms with E-state index in [1.807, 2.05) is 13.8 Å². The number of nitro groups is 1. The van der Waals surface area contributed by atoms with Crippen molar-refractivity contribution >= 4 is 11.4 Å². The third-order valence-corrected chi connectivity index (χ3v) is 3.21. The van der Waals surface area contributed by atoms with Gasteiger partial charge in [0.05, 0.1) is 17.1 Å². The molecule has 5 nitrogen and oxygen atoms in total. The number of halogens is 1. The molecule has 19 heavy (non-hydrogen) atoms. The minimum atomic E-state index is -0.815. The Morgan fingerprint density at radius 1 is 1.37 bits per heavy atom. The Balaban J connectivity index is 2.10. The van der Waals surface area contributed by atoms with Crippen molar-refractivity contribution < 1.29 is 14.1 Å². The molecule has 1 aromatic rings. The van der Waals surface area contributed by atoms with Gasteiger partial charge in [0.1, 0.15) is 0 Å². The summed E-state index contributed by atoms with van der Waals surface area (Å²) in [6, 6.07) is 4.06. The van der Waals surface area contributed by atoms with Crippen LogP contribution in [0.5, 0.6) is 0 Å². The molecule has 0 aliphatic carbocycles. The summed E-state index contributed by atoms with van der Waals surface area (Å²) in [5.74, 6) is -0.815. The first-order valence-corrected chi connectivity index (χ1v) is 6.31.